The predicted octanol–water partition coefficient (Wildman–Crippen LogP) is 1.49. The van der Waals surface area contributed by atoms with E-state index in [4.69, 9.17) is 10.8 Å². The molecule has 0 bridgehead atoms. The molecule has 1 heterocycles. The number of carbonyl (C=O) groups is 2. The smallest absolute Gasteiger partial charge is 0.323 e. The number of aliphatic carboxylic acids is 1. The third-order valence-corrected chi connectivity index (χ3v) is 3.87. The maximum Gasteiger partial charge on any atom is 0.323 e. The first kappa shape index (κ1) is 15.6. The van der Waals surface area contributed by atoms with Crippen LogP contribution < -0.4 is 5.73 Å². The zero-order chi connectivity index (χ0) is 14.6. The highest BCUT2D eigenvalue weighted by Crippen LogP contribution is 2.18. The molecule has 0 saturated heterocycles. The van der Waals surface area contributed by atoms with Crippen LogP contribution in [0.4, 0.5) is 0 Å². The number of thiazole rings is 1. The lowest BCUT2D eigenvalue weighted by Gasteiger charge is -2.26. The minimum absolute atomic E-state index is 0.149. The highest BCUT2D eigenvalue weighted by Gasteiger charge is 2.25. The zero-order valence-corrected chi connectivity index (χ0v) is 12.1. The summed E-state index contributed by atoms with van der Waals surface area (Å²) in [4.78, 5) is 28.6. The van der Waals surface area contributed by atoms with Gasteiger partial charge in [-0.05, 0) is 20.3 Å². The molecular weight excluding hydrogens is 266 g/mol. The van der Waals surface area contributed by atoms with Gasteiger partial charge in [-0.2, -0.15) is 0 Å². The largest absolute Gasteiger partial charge is 0.480 e. The summed E-state index contributed by atoms with van der Waals surface area (Å²) < 4.78 is 0. The molecule has 1 rings (SSSR count). The van der Waals surface area contributed by atoms with Crippen LogP contribution in [0.3, 0.4) is 0 Å². The van der Waals surface area contributed by atoms with Gasteiger partial charge in [0.2, 0.25) is 0 Å². The number of rotatable bonds is 6. The van der Waals surface area contributed by atoms with E-state index >= 15 is 0 Å². The molecule has 0 aromatic carbocycles. The van der Waals surface area contributed by atoms with E-state index in [0.717, 1.165) is 0 Å². The van der Waals surface area contributed by atoms with E-state index in [1.54, 1.807) is 12.3 Å². The van der Waals surface area contributed by atoms with Crippen LogP contribution in [0.1, 0.15) is 48.7 Å². The molecule has 0 spiro atoms. The molecule has 7 heteroatoms. The van der Waals surface area contributed by atoms with Crippen LogP contribution in [0.2, 0.25) is 0 Å². The summed E-state index contributed by atoms with van der Waals surface area (Å²) in [7, 11) is 0. The summed E-state index contributed by atoms with van der Waals surface area (Å²) in [5.74, 6) is -1.39. The Kier molecular flexibility index (Phi) is 5.44. The van der Waals surface area contributed by atoms with Gasteiger partial charge in [0.15, 0.2) is 0 Å². The van der Waals surface area contributed by atoms with E-state index in [2.05, 4.69) is 4.98 Å². The van der Waals surface area contributed by atoms with Gasteiger partial charge in [0.25, 0.3) is 5.91 Å². The Morgan fingerprint density at radius 2 is 2.16 bits per heavy atom. The van der Waals surface area contributed by atoms with Crippen molar-refractivity contribution in [2.45, 2.75) is 39.3 Å². The van der Waals surface area contributed by atoms with Crippen molar-refractivity contribution in [2.75, 3.05) is 6.54 Å². The standard InChI is InChI=1S/C12H19N3O3S/c1-4-7(2)15(5-10(16)17)12(18)9-6-19-11(14-9)8(3)13/h6-8H,4-5,13H2,1-3H3,(H,16,17). The Balaban J connectivity index is 2.94. The highest BCUT2D eigenvalue weighted by atomic mass is 32.1. The monoisotopic (exact) mass is 285 g/mol. The minimum Gasteiger partial charge on any atom is -0.480 e. The third-order valence-electron chi connectivity index (χ3n) is 2.82. The number of nitrogens with two attached hydrogens (primary N) is 1. The zero-order valence-electron chi connectivity index (χ0n) is 11.3. The molecule has 0 aliphatic carbocycles. The summed E-state index contributed by atoms with van der Waals surface area (Å²) >= 11 is 1.31. The van der Waals surface area contributed by atoms with E-state index in [0.29, 0.717) is 11.4 Å². The molecule has 2 unspecified atom stereocenters. The summed E-state index contributed by atoms with van der Waals surface area (Å²) in [6, 6.07) is -0.382. The predicted molar refractivity (Wildman–Crippen MR) is 73.1 cm³/mol. The molecule has 3 N–H and O–H groups in total. The van der Waals surface area contributed by atoms with Crippen molar-refractivity contribution >= 4 is 23.2 Å². The van der Waals surface area contributed by atoms with Crippen molar-refractivity contribution in [3.8, 4) is 0 Å². The van der Waals surface area contributed by atoms with Crippen LogP contribution in [0.5, 0.6) is 0 Å². The maximum absolute atomic E-state index is 12.3. The lowest BCUT2D eigenvalue weighted by atomic mass is 10.2. The molecular formula is C12H19N3O3S. The van der Waals surface area contributed by atoms with Crippen molar-refractivity contribution in [2.24, 2.45) is 5.73 Å². The first-order valence-electron chi connectivity index (χ1n) is 6.10. The topological polar surface area (TPSA) is 96.5 Å². The van der Waals surface area contributed by atoms with E-state index in [-0.39, 0.29) is 30.2 Å². The molecule has 0 saturated carbocycles. The normalized spacial score (nSPS) is 13.9. The quantitative estimate of drug-likeness (QED) is 0.825. The van der Waals surface area contributed by atoms with Crippen LogP contribution in [0.25, 0.3) is 0 Å². The lowest BCUT2D eigenvalue weighted by molar-refractivity contribution is -0.138. The van der Waals surface area contributed by atoms with Crippen LogP contribution in [0.15, 0.2) is 5.38 Å². The van der Waals surface area contributed by atoms with E-state index in [9.17, 15) is 9.59 Å². The first-order chi connectivity index (χ1) is 8.86. The van der Waals surface area contributed by atoms with E-state index in [1.807, 2.05) is 13.8 Å². The summed E-state index contributed by atoms with van der Waals surface area (Å²) in [5.41, 5.74) is 5.96. The molecule has 106 valence electrons. The fourth-order valence-electron chi connectivity index (χ4n) is 1.54. The minimum atomic E-state index is -1.03. The number of carboxylic acids is 1. The summed E-state index contributed by atoms with van der Waals surface area (Å²) in [5, 5.41) is 11.2. The van der Waals surface area contributed by atoms with Gasteiger partial charge in [-0.15, -0.1) is 11.3 Å². The molecule has 0 fully saturated rings. The van der Waals surface area contributed by atoms with Gasteiger partial charge >= 0.3 is 5.97 Å². The average molecular weight is 285 g/mol. The van der Waals surface area contributed by atoms with Gasteiger partial charge in [0, 0.05) is 11.4 Å². The molecule has 6 nitrogen and oxygen atoms in total. The molecule has 1 aromatic rings. The fraction of sp³-hybridized carbons (Fsp3) is 0.583. The molecule has 1 amide bonds. The molecule has 1 aromatic heterocycles. The van der Waals surface area contributed by atoms with Crippen molar-refractivity contribution in [1.82, 2.24) is 9.88 Å². The number of hydrogen-bond acceptors (Lipinski definition) is 5. The average Bonchev–Trinajstić information content (AvgIpc) is 2.83. The Labute approximate surface area is 116 Å². The van der Waals surface area contributed by atoms with Crippen LogP contribution in [0, 0.1) is 0 Å². The Hall–Kier alpha value is -1.47. The van der Waals surface area contributed by atoms with E-state index in [1.165, 1.54) is 16.2 Å². The second-order valence-corrected chi connectivity index (χ2v) is 5.33. The SMILES string of the molecule is CCC(C)N(CC(=O)O)C(=O)c1csc(C(C)N)n1. The van der Waals surface area contributed by atoms with Crippen molar-refractivity contribution in [3.63, 3.8) is 0 Å². The Bertz CT molecular complexity index is 459. The Morgan fingerprint density at radius 1 is 1.53 bits per heavy atom. The van der Waals surface area contributed by atoms with Gasteiger partial charge < -0.3 is 15.7 Å². The van der Waals surface area contributed by atoms with Crippen LogP contribution in [-0.4, -0.2) is 39.5 Å². The lowest BCUT2D eigenvalue weighted by Crippen LogP contribution is -2.42. The number of carboxylic acid groups (broad SMARTS) is 1. The summed E-state index contributed by atoms with van der Waals surface area (Å²) in [6.07, 6.45) is 0.684. The first-order valence-corrected chi connectivity index (χ1v) is 6.98. The molecule has 0 radical (unpaired) electrons. The van der Waals surface area contributed by atoms with Gasteiger partial charge in [-0.25, -0.2) is 4.98 Å². The fourth-order valence-corrected chi connectivity index (χ4v) is 2.29. The van der Waals surface area contributed by atoms with Crippen LogP contribution in [-0.2, 0) is 4.79 Å². The maximum atomic E-state index is 12.3. The Morgan fingerprint density at radius 3 is 2.58 bits per heavy atom. The summed E-state index contributed by atoms with van der Waals surface area (Å²) in [6.45, 7) is 5.19. The number of aromatic nitrogens is 1. The molecule has 19 heavy (non-hydrogen) atoms. The second-order valence-electron chi connectivity index (χ2n) is 4.44. The van der Waals surface area contributed by atoms with Crippen molar-refractivity contribution in [3.05, 3.63) is 16.1 Å². The van der Waals surface area contributed by atoms with Gasteiger partial charge in [0.05, 0.1) is 6.04 Å². The van der Waals surface area contributed by atoms with E-state index < -0.39 is 5.97 Å². The highest BCUT2D eigenvalue weighted by molar-refractivity contribution is 7.09. The number of nitrogens with zero attached hydrogens (tertiary/aromatic N) is 2. The van der Waals surface area contributed by atoms with Crippen LogP contribution >= 0.6 is 11.3 Å². The molecule has 0 aliphatic heterocycles. The third kappa shape index (κ3) is 4.00. The second kappa shape index (κ2) is 6.63. The number of hydrogen-bond donors (Lipinski definition) is 2. The van der Waals surface area contributed by atoms with Gasteiger partial charge in [-0.1, -0.05) is 6.92 Å². The van der Waals surface area contributed by atoms with Gasteiger partial charge in [-0.3, -0.25) is 9.59 Å². The molecule has 2 atom stereocenters. The molecule has 0 aliphatic rings. The van der Waals surface area contributed by atoms with Gasteiger partial charge in [0.1, 0.15) is 17.2 Å². The number of carbonyl (C=O) groups excluding carboxylic acids is 1. The van der Waals surface area contributed by atoms with Crippen molar-refractivity contribution < 1.29 is 14.7 Å². The number of amides is 1. The van der Waals surface area contributed by atoms with Crippen molar-refractivity contribution in [1.29, 1.82) is 0 Å².